The Morgan fingerprint density at radius 2 is 1.91 bits per heavy atom. The molecular formula is C25H27FN4O3. The van der Waals surface area contributed by atoms with E-state index in [-0.39, 0.29) is 24.2 Å². The monoisotopic (exact) mass is 450 g/mol. The number of carbonyl (C=O) groups excluding carboxylic acids is 2. The zero-order chi connectivity index (χ0) is 23.5. The van der Waals surface area contributed by atoms with E-state index in [0.717, 1.165) is 11.1 Å². The molecule has 33 heavy (non-hydrogen) atoms. The molecule has 0 saturated carbocycles. The second kappa shape index (κ2) is 9.44. The number of halogens is 1. The number of nitrogens with zero attached hydrogens (tertiary/aromatic N) is 3. The van der Waals surface area contributed by atoms with Crippen molar-refractivity contribution in [1.82, 2.24) is 14.7 Å². The van der Waals surface area contributed by atoms with E-state index in [9.17, 15) is 14.0 Å². The molecule has 2 N–H and O–H groups in total. The second-order valence-electron chi connectivity index (χ2n) is 8.44. The molecule has 8 heteroatoms. The molecule has 4 rings (SSSR count). The van der Waals surface area contributed by atoms with Crippen LogP contribution < -0.4 is 10.5 Å². The molecule has 2 amide bonds. The molecule has 3 aromatic rings. The van der Waals surface area contributed by atoms with Crippen molar-refractivity contribution < 1.29 is 18.7 Å². The maximum absolute atomic E-state index is 13.8. The van der Waals surface area contributed by atoms with Crippen molar-refractivity contribution in [3.05, 3.63) is 71.3 Å². The molecule has 1 aliphatic heterocycles. The highest BCUT2D eigenvalue weighted by atomic mass is 19.1. The van der Waals surface area contributed by atoms with Crippen molar-refractivity contribution in [2.24, 2.45) is 12.8 Å². The Morgan fingerprint density at radius 1 is 1.15 bits per heavy atom. The number of benzene rings is 2. The van der Waals surface area contributed by atoms with Crippen molar-refractivity contribution in [2.45, 2.75) is 32.3 Å². The Bertz CT molecular complexity index is 1180. The van der Waals surface area contributed by atoms with Crippen molar-refractivity contribution >= 4 is 11.8 Å². The van der Waals surface area contributed by atoms with Crippen LogP contribution in [-0.4, -0.2) is 45.7 Å². The molecule has 7 nitrogen and oxygen atoms in total. The summed E-state index contributed by atoms with van der Waals surface area (Å²) in [4.78, 5) is 26.5. The maximum Gasteiger partial charge on any atom is 0.252 e. The van der Waals surface area contributed by atoms with Crippen molar-refractivity contribution in [2.75, 3.05) is 13.1 Å². The molecule has 1 aromatic heterocycles. The van der Waals surface area contributed by atoms with Crippen LogP contribution in [0, 0.1) is 12.7 Å². The van der Waals surface area contributed by atoms with Gasteiger partial charge in [0.25, 0.3) is 5.91 Å². The highest BCUT2D eigenvalue weighted by Gasteiger charge is 2.25. The fourth-order valence-corrected chi connectivity index (χ4v) is 4.01. The van der Waals surface area contributed by atoms with Gasteiger partial charge in [-0.25, -0.2) is 4.39 Å². The number of primary amides is 1. The molecule has 0 bridgehead atoms. The molecule has 2 heterocycles. The number of hydrogen-bond acceptors (Lipinski definition) is 4. The normalized spacial score (nSPS) is 14.3. The number of ether oxygens (including phenoxy) is 1. The van der Waals surface area contributed by atoms with Gasteiger partial charge in [0.2, 0.25) is 5.91 Å². The van der Waals surface area contributed by atoms with Gasteiger partial charge in [0.1, 0.15) is 17.7 Å². The molecule has 1 fully saturated rings. The van der Waals surface area contributed by atoms with E-state index >= 15 is 0 Å². The summed E-state index contributed by atoms with van der Waals surface area (Å²) in [5.41, 5.74) is 8.87. The number of hydrogen-bond donors (Lipinski definition) is 1. The Hall–Kier alpha value is -3.68. The van der Waals surface area contributed by atoms with Crippen LogP contribution in [0.3, 0.4) is 0 Å². The van der Waals surface area contributed by atoms with Gasteiger partial charge in [-0.3, -0.25) is 14.3 Å². The van der Waals surface area contributed by atoms with E-state index in [2.05, 4.69) is 5.10 Å². The number of carbonyl (C=O) groups is 2. The predicted molar refractivity (Wildman–Crippen MR) is 122 cm³/mol. The first-order valence-electron chi connectivity index (χ1n) is 10.9. The highest BCUT2D eigenvalue weighted by molar-refractivity contribution is 5.97. The minimum Gasteiger partial charge on any atom is -0.489 e. The third-order valence-electron chi connectivity index (χ3n) is 5.96. The Labute approximate surface area is 191 Å². The van der Waals surface area contributed by atoms with Gasteiger partial charge in [-0.1, -0.05) is 18.2 Å². The number of aryl methyl sites for hydroxylation is 2. The number of aromatic nitrogens is 2. The number of nitrogens with two attached hydrogens (primary N) is 1. The number of piperidine rings is 1. The molecule has 0 unspecified atom stereocenters. The molecule has 172 valence electrons. The smallest absolute Gasteiger partial charge is 0.252 e. The third-order valence-corrected chi connectivity index (χ3v) is 5.96. The summed E-state index contributed by atoms with van der Waals surface area (Å²) in [5.74, 6) is -0.453. The Kier molecular flexibility index (Phi) is 6.44. The standard InChI is InChI=1S/C25H27FN4O3/c1-16-3-4-17(11-22(16)26)12-24(31)30-9-7-20(8-10-30)33-23-6-5-18(13-21(23)25(27)32)19-14-28-29(2)15-19/h3-6,11,13-15,20H,7-10,12H2,1-2H3,(H2,27,32). The van der Waals surface area contributed by atoms with Crippen LogP contribution in [0.4, 0.5) is 4.39 Å². The molecule has 0 radical (unpaired) electrons. The van der Waals surface area contributed by atoms with Crippen LogP contribution in [0.1, 0.15) is 34.3 Å². The molecule has 2 aromatic carbocycles. The van der Waals surface area contributed by atoms with Gasteiger partial charge >= 0.3 is 0 Å². The topological polar surface area (TPSA) is 90.5 Å². The summed E-state index contributed by atoms with van der Waals surface area (Å²) in [6.45, 7) is 2.77. The average molecular weight is 451 g/mol. The molecule has 1 aliphatic rings. The Balaban J connectivity index is 1.37. The van der Waals surface area contributed by atoms with E-state index in [1.807, 2.05) is 19.3 Å². The summed E-state index contributed by atoms with van der Waals surface area (Å²) in [6, 6.07) is 10.2. The number of rotatable bonds is 6. The SMILES string of the molecule is Cc1ccc(CC(=O)N2CCC(Oc3ccc(-c4cnn(C)c4)cc3C(N)=O)CC2)cc1F. The fraction of sp³-hybridized carbons (Fsp3) is 0.320. The highest BCUT2D eigenvalue weighted by Crippen LogP contribution is 2.28. The van der Waals surface area contributed by atoms with Gasteiger partial charge < -0.3 is 15.4 Å². The van der Waals surface area contributed by atoms with Crippen LogP contribution >= 0.6 is 0 Å². The summed E-state index contributed by atoms with van der Waals surface area (Å²) < 4.78 is 21.6. The van der Waals surface area contributed by atoms with Crippen LogP contribution in [0.25, 0.3) is 11.1 Å². The third kappa shape index (κ3) is 5.22. The summed E-state index contributed by atoms with van der Waals surface area (Å²) >= 11 is 0. The quantitative estimate of drug-likeness (QED) is 0.624. The second-order valence-corrected chi connectivity index (χ2v) is 8.44. The molecule has 1 saturated heterocycles. The van der Waals surface area contributed by atoms with Gasteiger partial charge in [-0.15, -0.1) is 0 Å². The van der Waals surface area contributed by atoms with Crippen molar-refractivity contribution in [1.29, 1.82) is 0 Å². The van der Waals surface area contributed by atoms with E-state index < -0.39 is 5.91 Å². The van der Waals surface area contributed by atoms with Crippen LogP contribution in [0.5, 0.6) is 5.75 Å². The summed E-state index contributed by atoms with van der Waals surface area (Å²) in [5, 5.41) is 4.16. The average Bonchev–Trinajstić information content (AvgIpc) is 3.23. The van der Waals surface area contributed by atoms with E-state index in [4.69, 9.17) is 10.5 Å². The van der Waals surface area contributed by atoms with E-state index in [1.54, 1.807) is 47.0 Å². The lowest BCUT2D eigenvalue weighted by Gasteiger charge is -2.32. The van der Waals surface area contributed by atoms with Crippen LogP contribution in [0.2, 0.25) is 0 Å². The molecular weight excluding hydrogens is 423 g/mol. The van der Waals surface area contributed by atoms with Gasteiger partial charge in [0.15, 0.2) is 0 Å². The van der Waals surface area contributed by atoms with E-state index in [0.29, 0.717) is 48.4 Å². The largest absolute Gasteiger partial charge is 0.489 e. The zero-order valence-corrected chi connectivity index (χ0v) is 18.8. The minimum atomic E-state index is -0.561. The first kappa shape index (κ1) is 22.5. The van der Waals surface area contributed by atoms with Crippen LogP contribution in [-0.2, 0) is 18.3 Å². The maximum atomic E-state index is 13.8. The van der Waals surface area contributed by atoms with Crippen molar-refractivity contribution in [3.63, 3.8) is 0 Å². The van der Waals surface area contributed by atoms with Crippen LogP contribution in [0.15, 0.2) is 48.8 Å². The molecule has 0 aliphatic carbocycles. The van der Waals surface area contributed by atoms with Gasteiger partial charge in [-0.05, 0) is 41.8 Å². The zero-order valence-electron chi connectivity index (χ0n) is 18.8. The lowest BCUT2D eigenvalue weighted by atomic mass is 10.0. The van der Waals surface area contributed by atoms with Gasteiger partial charge in [0.05, 0.1) is 18.2 Å². The van der Waals surface area contributed by atoms with Gasteiger partial charge in [0, 0.05) is 44.7 Å². The first-order chi connectivity index (χ1) is 15.8. The predicted octanol–water partition coefficient (Wildman–Crippen LogP) is 3.25. The molecule has 0 atom stereocenters. The van der Waals surface area contributed by atoms with Gasteiger partial charge in [-0.2, -0.15) is 5.10 Å². The number of likely N-dealkylation sites (tertiary alicyclic amines) is 1. The number of amides is 2. The Morgan fingerprint density at radius 3 is 2.55 bits per heavy atom. The lowest BCUT2D eigenvalue weighted by molar-refractivity contribution is -0.132. The van der Waals surface area contributed by atoms with Crippen molar-refractivity contribution in [3.8, 4) is 16.9 Å². The summed E-state index contributed by atoms with van der Waals surface area (Å²) in [7, 11) is 1.83. The first-order valence-corrected chi connectivity index (χ1v) is 10.9. The fourth-order valence-electron chi connectivity index (χ4n) is 4.01. The summed E-state index contributed by atoms with van der Waals surface area (Å²) in [6.07, 6.45) is 4.89. The molecule has 0 spiro atoms. The van der Waals surface area contributed by atoms with E-state index in [1.165, 1.54) is 6.07 Å². The minimum absolute atomic E-state index is 0.0321. The lowest BCUT2D eigenvalue weighted by Crippen LogP contribution is -2.42.